The van der Waals surface area contributed by atoms with E-state index < -0.39 is 35.4 Å². The summed E-state index contributed by atoms with van der Waals surface area (Å²) in [5.41, 5.74) is 2.10. The Morgan fingerprint density at radius 2 is 1.61 bits per heavy atom. The maximum absolute atomic E-state index is 13.3. The number of aliphatic hydroxyl groups excluding tert-OH is 1. The van der Waals surface area contributed by atoms with Crippen molar-refractivity contribution in [2.24, 2.45) is 5.92 Å². The summed E-state index contributed by atoms with van der Waals surface area (Å²) in [5.74, 6) is -3.36. The molecule has 0 saturated carbocycles. The first-order valence-corrected chi connectivity index (χ1v) is 14.2. The minimum atomic E-state index is -1.23. The maximum atomic E-state index is 13.3. The number of amides is 2. The largest absolute Gasteiger partial charge is 0.469 e. The van der Waals surface area contributed by atoms with E-state index in [9.17, 15) is 24.3 Å². The lowest BCUT2D eigenvalue weighted by Crippen LogP contribution is -2.49. The van der Waals surface area contributed by atoms with Crippen LogP contribution in [0.15, 0.2) is 48.5 Å². The number of aliphatic hydroxyl groups is 1. The quantitative estimate of drug-likeness (QED) is 0.280. The molecule has 2 unspecified atom stereocenters. The summed E-state index contributed by atoms with van der Waals surface area (Å²) in [4.78, 5) is 56.0. The number of rotatable bonds is 12. The molecule has 1 aliphatic rings. The van der Waals surface area contributed by atoms with Crippen LogP contribution in [-0.2, 0) is 30.3 Å². The molecular formula is C29H36ClN3O7S. The van der Waals surface area contributed by atoms with E-state index in [2.05, 4.69) is 22.3 Å². The molecule has 0 spiro atoms. The normalized spacial score (nSPS) is 15.1. The second kappa shape index (κ2) is 15.8. The van der Waals surface area contributed by atoms with Crippen LogP contribution in [0, 0.1) is 5.92 Å². The van der Waals surface area contributed by atoms with Gasteiger partial charge in [-0.25, -0.2) is 0 Å². The number of halogens is 1. The predicted molar refractivity (Wildman–Crippen MR) is 158 cm³/mol. The van der Waals surface area contributed by atoms with Crippen molar-refractivity contribution in [2.45, 2.75) is 18.1 Å². The van der Waals surface area contributed by atoms with Crippen LogP contribution < -0.4 is 4.90 Å². The summed E-state index contributed by atoms with van der Waals surface area (Å²) < 4.78 is 9.39. The number of anilines is 1. The minimum absolute atomic E-state index is 0.0761. The molecule has 1 saturated heterocycles. The highest BCUT2D eigenvalue weighted by Crippen LogP contribution is 2.24. The van der Waals surface area contributed by atoms with Crippen molar-refractivity contribution in [3.63, 3.8) is 0 Å². The van der Waals surface area contributed by atoms with Crippen molar-refractivity contribution < 1.29 is 33.8 Å². The zero-order valence-corrected chi connectivity index (χ0v) is 24.9. The highest BCUT2D eigenvalue weighted by Gasteiger charge is 2.37. The molecule has 41 heavy (non-hydrogen) atoms. The Morgan fingerprint density at radius 1 is 0.976 bits per heavy atom. The fourth-order valence-electron chi connectivity index (χ4n) is 4.62. The number of benzene rings is 2. The van der Waals surface area contributed by atoms with Crippen molar-refractivity contribution in [1.82, 2.24) is 9.80 Å². The molecule has 1 fully saturated rings. The molecule has 0 aromatic heterocycles. The molecule has 2 aromatic rings. The highest BCUT2D eigenvalue weighted by molar-refractivity contribution is 7.81. The van der Waals surface area contributed by atoms with Crippen molar-refractivity contribution in [3.05, 3.63) is 64.7 Å². The van der Waals surface area contributed by atoms with Gasteiger partial charge in [0.05, 0.1) is 38.4 Å². The molecule has 222 valence electrons. The summed E-state index contributed by atoms with van der Waals surface area (Å²) in [6, 6.07) is 14.3. The Kier molecular flexibility index (Phi) is 12.5. The molecular weight excluding hydrogens is 570 g/mol. The monoisotopic (exact) mass is 605 g/mol. The van der Waals surface area contributed by atoms with Gasteiger partial charge in [0.2, 0.25) is 5.91 Å². The Labute approximate surface area is 250 Å². The summed E-state index contributed by atoms with van der Waals surface area (Å²) in [6.07, 6.45) is 0.518. The third-order valence-electron chi connectivity index (χ3n) is 7.06. The second-order valence-corrected chi connectivity index (χ2v) is 10.6. The highest BCUT2D eigenvalue weighted by atomic mass is 35.5. The van der Waals surface area contributed by atoms with E-state index in [0.717, 1.165) is 38.2 Å². The van der Waals surface area contributed by atoms with Gasteiger partial charge in [0.15, 0.2) is 0 Å². The molecule has 1 aliphatic heterocycles. The van der Waals surface area contributed by atoms with E-state index in [0.29, 0.717) is 24.3 Å². The van der Waals surface area contributed by atoms with E-state index in [1.54, 1.807) is 24.3 Å². The number of methoxy groups -OCH3 is 2. The SMILES string of the molecule is COC(=O)CC(C(=O)OC)C(S)C(=O)N(CCO)c1ccc(C(=O)N2CCN(CCc3ccc(Cl)cc3)CC2)cc1. The summed E-state index contributed by atoms with van der Waals surface area (Å²) in [5, 5.41) is 9.09. The van der Waals surface area contributed by atoms with Crippen LogP contribution in [0.2, 0.25) is 5.02 Å². The third-order valence-corrected chi connectivity index (χ3v) is 7.89. The molecule has 0 bridgehead atoms. The number of ether oxygens (including phenoxy) is 2. The first kappa shape index (κ1) is 32.4. The van der Waals surface area contributed by atoms with Crippen LogP contribution in [0.3, 0.4) is 0 Å². The number of carbonyl (C=O) groups is 4. The smallest absolute Gasteiger partial charge is 0.310 e. The van der Waals surface area contributed by atoms with E-state index in [-0.39, 0.29) is 19.1 Å². The van der Waals surface area contributed by atoms with Crippen molar-refractivity contribution >= 4 is 53.7 Å². The third kappa shape index (κ3) is 8.93. The second-order valence-electron chi connectivity index (χ2n) is 9.63. The van der Waals surface area contributed by atoms with Crippen LogP contribution in [-0.4, -0.2) is 104 Å². The molecule has 2 atom stereocenters. The Bertz CT molecular complexity index is 1190. The molecule has 2 amide bonds. The zero-order chi connectivity index (χ0) is 29.9. The van der Waals surface area contributed by atoms with Gasteiger partial charge < -0.3 is 24.4 Å². The topological polar surface area (TPSA) is 117 Å². The van der Waals surface area contributed by atoms with Crippen LogP contribution >= 0.6 is 24.2 Å². The van der Waals surface area contributed by atoms with Gasteiger partial charge in [-0.15, -0.1) is 0 Å². The van der Waals surface area contributed by atoms with E-state index in [1.807, 2.05) is 29.2 Å². The van der Waals surface area contributed by atoms with Gasteiger partial charge in [0.1, 0.15) is 0 Å². The molecule has 1 heterocycles. The Hall–Kier alpha value is -3.12. The standard InChI is InChI=1S/C29H36ClN3O7S/c1-39-25(35)19-24(29(38)40-2)26(41)28(37)33(17-18-34)23-9-5-21(6-10-23)27(36)32-15-13-31(14-16-32)12-11-20-3-7-22(30)8-4-20/h3-10,24,26,34,41H,11-19H2,1-2H3. The van der Waals surface area contributed by atoms with Crippen molar-refractivity contribution in [2.75, 3.05) is 65.0 Å². The molecule has 0 radical (unpaired) electrons. The van der Waals surface area contributed by atoms with Crippen LogP contribution in [0.4, 0.5) is 5.69 Å². The fraction of sp³-hybridized carbons (Fsp3) is 0.448. The zero-order valence-electron chi connectivity index (χ0n) is 23.2. The lowest BCUT2D eigenvalue weighted by molar-refractivity contribution is -0.152. The Balaban J connectivity index is 1.61. The summed E-state index contributed by atoms with van der Waals surface area (Å²) in [7, 11) is 2.33. The molecule has 12 heteroatoms. The number of hydrogen-bond donors (Lipinski definition) is 2. The summed E-state index contributed by atoms with van der Waals surface area (Å²) in [6.45, 7) is 3.22. The van der Waals surface area contributed by atoms with Crippen molar-refractivity contribution in [3.8, 4) is 0 Å². The lowest BCUT2D eigenvalue weighted by Gasteiger charge is -2.35. The van der Waals surface area contributed by atoms with E-state index in [4.69, 9.17) is 16.3 Å². The lowest BCUT2D eigenvalue weighted by atomic mass is 9.99. The van der Waals surface area contributed by atoms with Gasteiger partial charge in [-0.3, -0.25) is 24.1 Å². The molecule has 2 aromatic carbocycles. The van der Waals surface area contributed by atoms with Gasteiger partial charge in [-0.05, 0) is 48.4 Å². The number of piperazine rings is 1. The van der Waals surface area contributed by atoms with Crippen molar-refractivity contribution in [1.29, 1.82) is 0 Å². The Morgan fingerprint density at radius 3 is 2.17 bits per heavy atom. The molecule has 0 aliphatic carbocycles. The van der Waals surface area contributed by atoms with Gasteiger partial charge in [-0.1, -0.05) is 23.7 Å². The minimum Gasteiger partial charge on any atom is -0.469 e. The summed E-state index contributed by atoms with van der Waals surface area (Å²) >= 11 is 10.3. The van der Waals surface area contributed by atoms with Gasteiger partial charge in [0.25, 0.3) is 5.91 Å². The van der Waals surface area contributed by atoms with E-state index >= 15 is 0 Å². The van der Waals surface area contributed by atoms with Gasteiger partial charge >= 0.3 is 11.9 Å². The number of esters is 2. The number of carbonyl (C=O) groups excluding carboxylic acids is 4. The van der Waals surface area contributed by atoms with Crippen LogP contribution in [0.1, 0.15) is 22.3 Å². The molecule has 3 rings (SSSR count). The molecule has 1 N–H and O–H groups in total. The van der Waals surface area contributed by atoms with E-state index in [1.165, 1.54) is 17.6 Å². The van der Waals surface area contributed by atoms with Crippen LogP contribution in [0.5, 0.6) is 0 Å². The molecule has 10 nitrogen and oxygen atoms in total. The maximum Gasteiger partial charge on any atom is 0.310 e. The number of thiol groups is 1. The average Bonchev–Trinajstić information content (AvgIpc) is 3.01. The number of hydrogen-bond acceptors (Lipinski definition) is 9. The van der Waals surface area contributed by atoms with Crippen LogP contribution in [0.25, 0.3) is 0 Å². The number of nitrogens with zero attached hydrogens (tertiary/aromatic N) is 3. The fourth-order valence-corrected chi connectivity index (χ4v) is 5.11. The first-order valence-electron chi connectivity index (χ1n) is 13.3. The predicted octanol–water partition coefficient (Wildman–Crippen LogP) is 2.32. The average molecular weight is 606 g/mol. The first-order chi connectivity index (χ1) is 19.7. The van der Waals surface area contributed by atoms with Gasteiger partial charge in [-0.2, -0.15) is 12.6 Å². The van der Waals surface area contributed by atoms with Gasteiger partial charge in [0, 0.05) is 55.5 Å².